The van der Waals surface area contributed by atoms with Crippen molar-refractivity contribution in [1.29, 1.82) is 0 Å². The fraction of sp³-hybridized carbons (Fsp3) is 0.400. The van der Waals surface area contributed by atoms with Crippen molar-refractivity contribution < 1.29 is 19.1 Å². The van der Waals surface area contributed by atoms with E-state index in [1.807, 2.05) is 42.6 Å². The molecule has 210 valence electrons. The molecule has 3 aromatic rings. The highest BCUT2D eigenvalue weighted by Crippen LogP contribution is 2.16. The lowest BCUT2D eigenvalue weighted by molar-refractivity contribution is 0.0342. The Morgan fingerprint density at radius 3 is 2.38 bits per heavy atom. The molecule has 2 aromatic heterocycles. The maximum absolute atomic E-state index is 12.7. The summed E-state index contributed by atoms with van der Waals surface area (Å²) in [6.07, 6.45) is 4.88. The van der Waals surface area contributed by atoms with E-state index in [9.17, 15) is 9.59 Å². The number of nitrogens with zero attached hydrogens (tertiary/aromatic N) is 5. The summed E-state index contributed by atoms with van der Waals surface area (Å²) in [5.74, 6) is 0.489. The zero-order valence-corrected chi connectivity index (χ0v) is 22.7. The van der Waals surface area contributed by atoms with Gasteiger partial charge in [-0.05, 0) is 61.3 Å². The van der Waals surface area contributed by atoms with Crippen molar-refractivity contribution in [3.63, 3.8) is 0 Å². The molecule has 1 aromatic carbocycles. The van der Waals surface area contributed by atoms with Crippen LogP contribution in [0.2, 0.25) is 0 Å². The van der Waals surface area contributed by atoms with Gasteiger partial charge in [0.15, 0.2) is 5.75 Å². The summed E-state index contributed by atoms with van der Waals surface area (Å²) in [5, 5.41) is 2.80. The predicted octanol–water partition coefficient (Wildman–Crippen LogP) is 3.31. The lowest BCUT2D eigenvalue weighted by Gasteiger charge is -2.33. The van der Waals surface area contributed by atoms with Gasteiger partial charge in [-0.3, -0.25) is 19.6 Å². The van der Waals surface area contributed by atoms with Crippen LogP contribution in [0.1, 0.15) is 28.0 Å². The third-order valence-corrected chi connectivity index (χ3v) is 7.17. The molecular formula is C30H36N6O4. The number of hydrogen-bond donors (Lipinski definition) is 1. The summed E-state index contributed by atoms with van der Waals surface area (Å²) < 4.78 is 10.9. The summed E-state index contributed by atoms with van der Waals surface area (Å²) in [4.78, 5) is 40.4. The molecular weight excluding hydrogens is 508 g/mol. The number of pyridine rings is 2. The molecule has 0 spiro atoms. The van der Waals surface area contributed by atoms with Crippen molar-refractivity contribution in [2.75, 3.05) is 64.3 Å². The number of carbonyl (C=O) groups is 2. The molecule has 2 amide bonds. The SMILES string of the molecule is O=C(Nc1ccc(OC(=O)N2CCN(CCCc3ccccn3)CC2)cn1)c1ccc(CN2CCOCC2)cc1. The van der Waals surface area contributed by atoms with Crippen LogP contribution >= 0.6 is 0 Å². The summed E-state index contributed by atoms with van der Waals surface area (Å²) in [5.41, 5.74) is 2.82. The second-order valence-electron chi connectivity index (χ2n) is 10.0. The van der Waals surface area contributed by atoms with E-state index in [2.05, 4.69) is 31.2 Å². The zero-order valence-electron chi connectivity index (χ0n) is 22.7. The minimum atomic E-state index is -0.385. The maximum Gasteiger partial charge on any atom is 0.415 e. The summed E-state index contributed by atoms with van der Waals surface area (Å²) >= 11 is 0. The van der Waals surface area contributed by atoms with Crippen molar-refractivity contribution in [2.24, 2.45) is 0 Å². The van der Waals surface area contributed by atoms with Crippen molar-refractivity contribution in [1.82, 2.24) is 24.7 Å². The number of anilines is 1. The number of amides is 2. The Morgan fingerprint density at radius 2 is 1.68 bits per heavy atom. The molecule has 0 atom stereocenters. The number of hydrogen-bond acceptors (Lipinski definition) is 8. The molecule has 40 heavy (non-hydrogen) atoms. The van der Waals surface area contributed by atoms with Crippen LogP contribution in [0.25, 0.3) is 0 Å². The Morgan fingerprint density at radius 1 is 0.875 bits per heavy atom. The molecule has 2 saturated heterocycles. The van der Waals surface area contributed by atoms with Gasteiger partial charge in [0.05, 0.1) is 19.4 Å². The highest BCUT2D eigenvalue weighted by atomic mass is 16.6. The van der Waals surface area contributed by atoms with E-state index in [4.69, 9.17) is 9.47 Å². The Hall–Kier alpha value is -3.86. The normalized spacial score (nSPS) is 16.4. The topological polar surface area (TPSA) is 100 Å². The molecule has 5 rings (SSSR count). The van der Waals surface area contributed by atoms with Crippen LogP contribution in [0.3, 0.4) is 0 Å². The molecule has 1 N–H and O–H groups in total. The molecule has 0 radical (unpaired) electrons. The minimum absolute atomic E-state index is 0.243. The monoisotopic (exact) mass is 544 g/mol. The molecule has 4 heterocycles. The number of rotatable bonds is 9. The van der Waals surface area contributed by atoms with E-state index < -0.39 is 0 Å². The quantitative estimate of drug-likeness (QED) is 0.438. The fourth-order valence-electron chi connectivity index (χ4n) is 4.83. The van der Waals surface area contributed by atoms with E-state index in [1.165, 1.54) is 6.20 Å². The van der Waals surface area contributed by atoms with E-state index in [1.54, 1.807) is 17.0 Å². The molecule has 2 fully saturated rings. The van der Waals surface area contributed by atoms with E-state index in [-0.39, 0.29) is 12.0 Å². The standard InChI is InChI=1S/C30H36N6O4/c37-29(25-8-6-24(7-9-25)23-35-18-20-39-21-19-35)33-28-11-10-27(22-32-28)40-30(38)36-16-14-34(15-17-36)13-3-5-26-4-1-2-12-31-26/h1-2,4,6-12,22H,3,5,13-21,23H2,(H,32,33,37). The third-order valence-electron chi connectivity index (χ3n) is 7.17. The van der Waals surface area contributed by atoms with Gasteiger partial charge in [0, 0.05) is 63.3 Å². The summed E-state index contributed by atoms with van der Waals surface area (Å²) in [7, 11) is 0. The van der Waals surface area contributed by atoms with Gasteiger partial charge in [-0.15, -0.1) is 0 Å². The highest BCUT2D eigenvalue weighted by Gasteiger charge is 2.22. The molecule has 0 bridgehead atoms. The Balaban J connectivity index is 1.02. The first kappa shape index (κ1) is 27.7. The summed E-state index contributed by atoms with van der Waals surface area (Å²) in [6, 6.07) is 16.9. The molecule has 0 unspecified atom stereocenters. The van der Waals surface area contributed by atoms with Gasteiger partial charge in [0.25, 0.3) is 5.91 Å². The number of nitrogens with one attached hydrogen (secondary N) is 1. The van der Waals surface area contributed by atoms with Crippen molar-refractivity contribution in [3.05, 3.63) is 83.8 Å². The number of ether oxygens (including phenoxy) is 2. The number of morpholine rings is 1. The number of piperazine rings is 1. The highest BCUT2D eigenvalue weighted by molar-refractivity contribution is 6.03. The average Bonchev–Trinajstić information content (AvgIpc) is 3.00. The van der Waals surface area contributed by atoms with Gasteiger partial charge in [-0.25, -0.2) is 9.78 Å². The van der Waals surface area contributed by atoms with Crippen molar-refractivity contribution in [2.45, 2.75) is 19.4 Å². The van der Waals surface area contributed by atoms with Gasteiger partial charge < -0.3 is 19.7 Å². The second-order valence-corrected chi connectivity index (χ2v) is 10.0. The van der Waals surface area contributed by atoms with Gasteiger partial charge in [0.1, 0.15) is 5.82 Å². The molecule has 0 saturated carbocycles. The molecule has 2 aliphatic heterocycles. The van der Waals surface area contributed by atoms with Crippen LogP contribution in [-0.4, -0.2) is 95.7 Å². The van der Waals surface area contributed by atoms with E-state index in [0.29, 0.717) is 30.2 Å². The Kier molecular flexibility index (Phi) is 9.68. The first-order valence-electron chi connectivity index (χ1n) is 13.9. The zero-order chi connectivity index (χ0) is 27.6. The van der Waals surface area contributed by atoms with Gasteiger partial charge in [-0.1, -0.05) is 18.2 Å². The average molecular weight is 545 g/mol. The van der Waals surface area contributed by atoms with Gasteiger partial charge >= 0.3 is 6.09 Å². The maximum atomic E-state index is 12.7. The van der Waals surface area contributed by atoms with E-state index in [0.717, 1.165) is 76.6 Å². The lowest BCUT2D eigenvalue weighted by atomic mass is 10.1. The number of aryl methyl sites for hydroxylation is 1. The van der Waals surface area contributed by atoms with Crippen LogP contribution < -0.4 is 10.1 Å². The first-order chi connectivity index (χ1) is 19.6. The Bertz CT molecular complexity index is 1230. The predicted molar refractivity (Wildman–Crippen MR) is 151 cm³/mol. The number of benzene rings is 1. The molecule has 10 heteroatoms. The van der Waals surface area contributed by atoms with Crippen LogP contribution in [0.5, 0.6) is 5.75 Å². The molecule has 2 aliphatic rings. The third kappa shape index (κ3) is 8.08. The molecule has 0 aliphatic carbocycles. The molecule has 10 nitrogen and oxygen atoms in total. The smallest absolute Gasteiger partial charge is 0.409 e. The lowest BCUT2D eigenvalue weighted by Crippen LogP contribution is -2.49. The van der Waals surface area contributed by atoms with Crippen LogP contribution in [0.15, 0.2) is 67.0 Å². The van der Waals surface area contributed by atoms with Crippen molar-refractivity contribution in [3.8, 4) is 5.75 Å². The Labute approximate surface area is 234 Å². The fourth-order valence-corrected chi connectivity index (χ4v) is 4.83. The van der Waals surface area contributed by atoms with Crippen LogP contribution in [-0.2, 0) is 17.7 Å². The summed E-state index contributed by atoms with van der Waals surface area (Å²) in [6.45, 7) is 8.05. The second kappa shape index (κ2) is 14.0. The van der Waals surface area contributed by atoms with Gasteiger partial charge in [-0.2, -0.15) is 0 Å². The van der Waals surface area contributed by atoms with Crippen molar-refractivity contribution >= 4 is 17.8 Å². The minimum Gasteiger partial charge on any atom is -0.409 e. The number of aromatic nitrogens is 2. The largest absolute Gasteiger partial charge is 0.415 e. The van der Waals surface area contributed by atoms with Gasteiger partial charge in [0.2, 0.25) is 0 Å². The number of carbonyl (C=O) groups excluding carboxylic acids is 2. The van der Waals surface area contributed by atoms with E-state index >= 15 is 0 Å². The van der Waals surface area contributed by atoms with Crippen LogP contribution in [0, 0.1) is 0 Å². The first-order valence-corrected chi connectivity index (χ1v) is 13.9. The van der Waals surface area contributed by atoms with Crippen LogP contribution in [0.4, 0.5) is 10.6 Å².